The minimum Gasteiger partial charge on any atom is -0.357 e. The number of aryl methyl sites for hydroxylation is 1. The summed E-state index contributed by atoms with van der Waals surface area (Å²) in [7, 11) is 6.34. The predicted molar refractivity (Wildman–Crippen MR) is 115 cm³/mol. The van der Waals surface area contributed by atoms with Gasteiger partial charge in [-0.25, -0.2) is 4.99 Å². The highest BCUT2D eigenvalue weighted by Gasteiger charge is 2.25. The molecule has 144 valence electrons. The first-order valence-electron chi connectivity index (χ1n) is 9.27. The van der Waals surface area contributed by atoms with Crippen LogP contribution in [-0.2, 0) is 13.6 Å². The van der Waals surface area contributed by atoms with Crippen molar-refractivity contribution < 1.29 is 0 Å². The third kappa shape index (κ3) is 7.13. The Labute approximate surface area is 169 Å². The molecule has 0 saturated heterocycles. The second-order valence-electron chi connectivity index (χ2n) is 6.95. The molecular weight excluding hydrogens is 427 g/mol. The van der Waals surface area contributed by atoms with Gasteiger partial charge in [-0.1, -0.05) is 19.3 Å². The van der Waals surface area contributed by atoms with Crippen LogP contribution in [0.4, 0.5) is 0 Å². The average Bonchev–Trinajstić information content (AvgIpc) is 2.98. The monoisotopic (exact) mass is 462 g/mol. The molecule has 1 aromatic heterocycles. The van der Waals surface area contributed by atoms with Gasteiger partial charge in [-0.2, -0.15) is 5.10 Å². The number of hydrogen-bond donors (Lipinski definition) is 2. The Kier molecular flexibility index (Phi) is 10.4. The van der Waals surface area contributed by atoms with Gasteiger partial charge in [0.1, 0.15) is 0 Å². The molecule has 6 nitrogen and oxygen atoms in total. The van der Waals surface area contributed by atoms with Crippen molar-refractivity contribution in [2.45, 2.75) is 51.6 Å². The highest BCUT2D eigenvalue weighted by atomic mass is 127. The standard InChI is InChI=1S/C18H34N6.HI/c1-5-19-18(20-13-16-11-12-22-24(16)4)21-14-17(23(2)3)15-9-7-6-8-10-15;/h11-12,15,17H,5-10,13-14H2,1-4H3,(H2,19,20,21);1H. The topological polar surface area (TPSA) is 57.5 Å². The van der Waals surface area contributed by atoms with Gasteiger partial charge in [-0.3, -0.25) is 4.68 Å². The zero-order chi connectivity index (χ0) is 17.4. The lowest BCUT2D eigenvalue weighted by Gasteiger charge is -2.35. The maximum absolute atomic E-state index is 4.71. The number of hydrogen-bond acceptors (Lipinski definition) is 3. The summed E-state index contributed by atoms with van der Waals surface area (Å²) in [4.78, 5) is 7.08. The molecule has 0 radical (unpaired) electrons. The van der Waals surface area contributed by atoms with Gasteiger partial charge in [0, 0.05) is 32.4 Å². The SMILES string of the molecule is CCNC(=NCc1ccnn1C)NCC(C1CCCCC1)N(C)C.I. The summed E-state index contributed by atoms with van der Waals surface area (Å²) in [6, 6.07) is 2.57. The fourth-order valence-electron chi connectivity index (χ4n) is 3.55. The Morgan fingerprint density at radius 3 is 2.60 bits per heavy atom. The van der Waals surface area contributed by atoms with E-state index in [0.717, 1.165) is 30.7 Å². The molecule has 1 heterocycles. The van der Waals surface area contributed by atoms with Crippen LogP contribution in [0.3, 0.4) is 0 Å². The van der Waals surface area contributed by atoms with Gasteiger partial charge in [0.05, 0.1) is 12.2 Å². The number of aliphatic imine (C=N–C) groups is 1. The van der Waals surface area contributed by atoms with Gasteiger partial charge in [0.25, 0.3) is 0 Å². The van der Waals surface area contributed by atoms with Gasteiger partial charge in [-0.05, 0) is 45.8 Å². The number of nitrogens with one attached hydrogen (secondary N) is 2. The fourth-order valence-corrected chi connectivity index (χ4v) is 3.55. The van der Waals surface area contributed by atoms with Crippen LogP contribution in [0.2, 0.25) is 0 Å². The molecule has 7 heteroatoms. The molecule has 0 aliphatic heterocycles. The smallest absolute Gasteiger partial charge is 0.191 e. The normalized spacial score (nSPS) is 17.2. The van der Waals surface area contributed by atoms with Gasteiger partial charge >= 0.3 is 0 Å². The van der Waals surface area contributed by atoms with Crippen LogP contribution in [0.15, 0.2) is 17.3 Å². The van der Waals surface area contributed by atoms with Crippen LogP contribution in [0.25, 0.3) is 0 Å². The molecule has 1 aliphatic rings. The molecule has 1 aromatic rings. The van der Waals surface area contributed by atoms with Crippen molar-refractivity contribution in [2.75, 3.05) is 27.2 Å². The summed E-state index contributed by atoms with van der Waals surface area (Å²) in [5.41, 5.74) is 1.11. The summed E-state index contributed by atoms with van der Waals surface area (Å²) in [5, 5.41) is 11.1. The molecule has 1 unspecified atom stereocenters. The maximum atomic E-state index is 4.71. The average molecular weight is 462 g/mol. The fraction of sp³-hybridized carbons (Fsp3) is 0.778. The van der Waals surface area contributed by atoms with E-state index in [1.807, 2.05) is 24.0 Å². The Morgan fingerprint density at radius 2 is 2.04 bits per heavy atom. The van der Waals surface area contributed by atoms with Crippen molar-refractivity contribution in [3.8, 4) is 0 Å². The molecule has 25 heavy (non-hydrogen) atoms. The van der Waals surface area contributed by atoms with Crippen LogP contribution in [-0.4, -0.2) is 53.9 Å². The Morgan fingerprint density at radius 1 is 1.32 bits per heavy atom. The molecule has 0 amide bonds. The number of rotatable bonds is 7. The zero-order valence-corrected chi connectivity index (χ0v) is 18.5. The van der Waals surface area contributed by atoms with Crippen molar-refractivity contribution in [1.82, 2.24) is 25.3 Å². The van der Waals surface area contributed by atoms with E-state index in [1.54, 1.807) is 0 Å². The minimum absolute atomic E-state index is 0. The third-order valence-corrected chi connectivity index (χ3v) is 5.00. The van der Waals surface area contributed by atoms with E-state index in [9.17, 15) is 0 Å². The molecule has 1 fully saturated rings. The van der Waals surface area contributed by atoms with Crippen LogP contribution < -0.4 is 10.6 Å². The van der Waals surface area contributed by atoms with Crippen LogP contribution in [0.5, 0.6) is 0 Å². The second kappa shape index (κ2) is 11.7. The number of aromatic nitrogens is 2. The van der Waals surface area contributed by atoms with Crippen LogP contribution in [0.1, 0.15) is 44.7 Å². The summed E-state index contributed by atoms with van der Waals surface area (Å²) in [6.45, 7) is 4.55. The summed E-state index contributed by atoms with van der Waals surface area (Å²) < 4.78 is 1.87. The van der Waals surface area contributed by atoms with E-state index in [4.69, 9.17) is 4.99 Å². The van der Waals surface area contributed by atoms with E-state index in [1.165, 1.54) is 32.1 Å². The van der Waals surface area contributed by atoms with Crippen molar-refractivity contribution in [2.24, 2.45) is 18.0 Å². The van der Waals surface area contributed by atoms with Crippen molar-refractivity contribution >= 4 is 29.9 Å². The Balaban J connectivity index is 0.00000312. The molecule has 1 aliphatic carbocycles. The maximum Gasteiger partial charge on any atom is 0.191 e. The first kappa shape index (κ1) is 22.2. The molecule has 1 atom stereocenters. The molecule has 0 bridgehead atoms. The lowest BCUT2D eigenvalue weighted by molar-refractivity contribution is 0.171. The van der Waals surface area contributed by atoms with Crippen molar-refractivity contribution in [3.63, 3.8) is 0 Å². The summed E-state index contributed by atoms with van der Waals surface area (Å²) >= 11 is 0. The lowest BCUT2D eigenvalue weighted by Crippen LogP contribution is -2.48. The van der Waals surface area contributed by atoms with E-state index >= 15 is 0 Å². The highest BCUT2D eigenvalue weighted by Crippen LogP contribution is 2.28. The second-order valence-corrected chi connectivity index (χ2v) is 6.95. The zero-order valence-electron chi connectivity index (χ0n) is 16.2. The van der Waals surface area contributed by atoms with Crippen LogP contribution in [0, 0.1) is 5.92 Å². The van der Waals surface area contributed by atoms with Gasteiger partial charge in [0.15, 0.2) is 5.96 Å². The van der Waals surface area contributed by atoms with E-state index in [-0.39, 0.29) is 24.0 Å². The van der Waals surface area contributed by atoms with E-state index in [2.05, 4.69) is 41.7 Å². The molecule has 1 saturated carbocycles. The Bertz CT molecular complexity index is 507. The largest absolute Gasteiger partial charge is 0.357 e. The van der Waals surface area contributed by atoms with E-state index < -0.39 is 0 Å². The number of halogens is 1. The first-order chi connectivity index (χ1) is 11.6. The molecular formula is C18H35IN6. The molecule has 2 rings (SSSR count). The lowest BCUT2D eigenvalue weighted by atomic mass is 9.83. The van der Waals surface area contributed by atoms with Crippen molar-refractivity contribution in [3.05, 3.63) is 18.0 Å². The number of likely N-dealkylation sites (N-methyl/N-ethyl adjacent to an activating group) is 1. The third-order valence-electron chi connectivity index (χ3n) is 5.00. The Hall–Kier alpha value is -0.830. The molecule has 0 spiro atoms. The van der Waals surface area contributed by atoms with E-state index in [0.29, 0.717) is 12.6 Å². The van der Waals surface area contributed by atoms with Gasteiger partial charge in [0.2, 0.25) is 0 Å². The minimum atomic E-state index is 0. The summed E-state index contributed by atoms with van der Waals surface area (Å²) in [6.07, 6.45) is 8.68. The van der Waals surface area contributed by atoms with Gasteiger partial charge < -0.3 is 15.5 Å². The van der Waals surface area contributed by atoms with Crippen LogP contribution >= 0.6 is 24.0 Å². The number of nitrogens with zero attached hydrogens (tertiary/aromatic N) is 4. The summed E-state index contributed by atoms with van der Waals surface area (Å²) in [5.74, 6) is 1.68. The first-order valence-corrected chi connectivity index (χ1v) is 9.27. The molecule has 2 N–H and O–H groups in total. The predicted octanol–water partition coefficient (Wildman–Crippen LogP) is 2.60. The van der Waals surface area contributed by atoms with Gasteiger partial charge in [-0.15, -0.1) is 24.0 Å². The number of guanidine groups is 1. The quantitative estimate of drug-likeness (QED) is 0.372. The molecule has 0 aromatic carbocycles. The highest BCUT2D eigenvalue weighted by molar-refractivity contribution is 14.0. The van der Waals surface area contributed by atoms with Crippen molar-refractivity contribution in [1.29, 1.82) is 0 Å².